The summed E-state index contributed by atoms with van der Waals surface area (Å²) in [5.74, 6) is 2.31. The van der Waals surface area contributed by atoms with E-state index >= 15 is 0 Å². The van der Waals surface area contributed by atoms with E-state index < -0.39 is 5.60 Å². The molecule has 3 heteroatoms. The number of epoxide rings is 1. The molecule has 1 aliphatic heterocycles. The van der Waals surface area contributed by atoms with Crippen LogP contribution in [0.1, 0.15) is 65.7 Å². The number of ketones is 1. The second-order valence-corrected chi connectivity index (χ2v) is 9.75. The second-order valence-electron chi connectivity index (χ2n) is 9.75. The second kappa shape index (κ2) is 4.54. The lowest BCUT2D eigenvalue weighted by molar-refractivity contribution is -0.135. The highest BCUT2D eigenvalue weighted by molar-refractivity contribution is 5.90. The molecule has 5 rings (SSSR count). The van der Waals surface area contributed by atoms with Crippen molar-refractivity contribution in [2.75, 3.05) is 0 Å². The van der Waals surface area contributed by atoms with E-state index in [0.717, 1.165) is 44.4 Å². The maximum Gasteiger partial charge on any atom is 0.164 e. The largest absolute Gasteiger partial charge is 0.393 e. The summed E-state index contributed by atoms with van der Waals surface area (Å²) in [7, 11) is 0. The lowest BCUT2D eigenvalue weighted by atomic mass is 9.47. The zero-order valence-electron chi connectivity index (χ0n) is 15.2. The van der Waals surface area contributed by atoms with Crippen LogP contribution < -0.4 is 0 Å². The number of rotatable bonds is 1. The number of ether oxygens (including phenoxy) is 1. The van der Waals surface area contributed by atoms with Crippen molar-refractivity contribution < 1.29 is 14.6 Å². The Morgan fingerprint density at radius 3 is 2.79 bits per heavy atom. The molecule has 132 valence electrons. The van der Waals surface area contributed by atoms with Crippen molar-refractivity contribution in [3.63, 3.8) is 0 Å². The van der Waals surface area contributed by atoms with Crippen molar-refractivity contribution in [3.8, 4) is 0 Å². The first-order chi connectivity index (χ1) is 11.3. The number of Topliss-reactive ketones (excluding diaryl/α,β-unsaturated/α-hetero) is 1. The number of aliphatic hydroxyl groups is 1. The Balaban J connectivity index is 1.51. The molecule has 1 N–H and O–H groups in total. The lowest BCUT2D eigenvalue weighted by Crippen LogP contribution is -2.54. The van der Waals surface area contributed by atoms with Crippen LogP contribution in [-0.2, 0) is 9.53 Å². The van der Waals surface area contributed by atoms with Crippen LogP contribution in [0, 0.1) is 28.6 Å². The molecule has 8 atom stereocenters. The molecule has 3 nitrogen and oxygen atoms in total. The molecule has 0 radical (unpaired) electrons. The molecule has 3 saturated carbocycles. The van der Waals surface area contributed by atoms with Crippen LogP contribution in [0.15, 0.2) is 11.6 Å². The minimum Gasteiger partial charge on any atom is -0.393 e. The normalized spacial score (nSPS) is 58.0. The monoisotopic (exact) mass is 330 g/mol. The number of aliphatic hydroxyl groups excluding tert-OH is 1. The average molecular weight is 330 g/mol. The molecule has 5 aliphatic rings. The van der Waals surface area contributed by atoms with Crippen LogP contribution in [0.2, 0.25) is 0 Å². The summed E-state index contributed by atoms with van der Waals surface area (Å²) in [5, 5.41) is 10.1. The van der Waals surface area contributed by atoms with Crippen LogP contribution in [-0.4, -0.2) is 28.7 Å². The van der Waals surface area contributed by atoms with Crippen LogP contribution in [0.3, 0.4) is 0 Å². The van der Waals surface area contributed by atoms with Crippen molar-refractivity contribution in [2.24, 2.45) is 28.6 Å². The Morgan fingerprint density at radius 2 is 2.04 bits per heavy atom. The van der Waals surface area contributed by atoms with Crippen molar-refractivity contribution in [3.05, 3.63) is 11.6 Å². The van der Waals surface area contributed by atoms with E-state index in [2.05, 4.69) is 19.9 Å². The first-order valence-corrected chi connectivity index (χ1v) is 9.89. The third-order valence-corrected chi connectivity index (χ3v) is 9.03. The summed E-state index contributed by atoms with van der Waals surface area (Å²) in [6, 6.07) is 0. The van der Waals surface area contributed by atoms with Gasteiger partial charge in [-0.3, -0.25) is 4.79 Å². The average Bonchev–Trinajstić information content (AvgIpc) is 3.21. The number of carbonyl (C=O) groups excluding carboxylic acids is 1. The van der Waals surface area contributed by atoms with Gasteiger partial charge in [0.15, 0.2) is 11.4 Å². The van der Waals surface area contributed by atoms with Crippen molar-refractivity contribution >= 4 is 5.78 Å². The van der Waals surface area contributed by atoms with Gasteiger partial charge in [-0.15, -0.1) is 0 Å². The molecule has 0 aromatic rings. The third-order valence-electron chi connectivity index (χ3n) is 9.03. The predicted molar refractivity (Wildman–Crippen MR) is 91.4 cm³/mol. The first kappa shape index (κ1) is 15.6. The number of hydrogen-bond donors (Lipinski definition) is 1. The molecule has 0 aromatic carbocycles. The van der Waals surface area contributed by atoms with Gasteiger partial charge < -0.3 is 9.84 Å². The Hall–Kier alpha value is -0.670. The van der Waals surface area contributed by atoms with Crippen LogP contribution in [0.5, 0.6) is 0 Å². The molecule has 1 heterocycles. The van der Waals surface area contributed by atoms with Crippen LogP contribution in [0.4, 0.5) is 0 Å². The van der Waals surface area contributed by atoms with Gasteiger partial charge in [0.1, 0.15) is 0 Å². The van der Waals surface area contributed by atoms with E-state index in [0.29, 0.717) is 11.8 Å². The zero-order valence-corrected chi connectivity index (χ0v) is 15.2. The van der Waals surface area contributed by atoms with E-state index in [9.17, 15) is 9.90 Å². The van der Waals surface area contributed by atoms with Crippen molar-refractivity contribution in [1.82, 2.24) is 0 Å². The summed E-state index contributed by atoms with van der Waals surface area (Å²) in [6.07, 6.45) is 10.0. The minimum atomic E-state index is -0.448. The van der Waals surface area contributed by atoms with Gasteiger partial charge in [-0.25, -0.2) is 0 Å². The molecule has 4 aliphatic carbocycles. The van der Waals surface area contributed by atoms with Crippen molar-refractivity contribution in [2.45, 2.75) is 83.5 Å². The Kier molecular flexibility index (Phi) is 2.94. The Bertz CT molecular complexity index is 639. The highest BCUT2D eigenvalue weighted by Gasteiger charge is 2.79. The summed E-state index contributed by atoms with van der Waals surface area (Å²) < 4.78 is 6.00. The summed E-state index contributed by atoms with van der Waals surface area (Å²) in [4.78, 5) is 12.4. The molecular formula is C21H30O3. The van der Waals surface area contributed by atoms with E-state index in [4.69, 9.17) is 4.74 Å². The smallest absolute Gasteiger partial charge is 0.164 e. The topological polar surface area (TPSA) is 49.8 Å². The van der Waals surface area contributed by atoms with E-state index in [-0.39, 0.29) is 28.8 Å². The van der Waals surface area contributed by atoms with Crippen LogP contribution >= 0.6 is 0 Å². The molecule has 4 fully saturated rings. The molecule has 24 heavy (non-hydrogen) atoms. The first-order valence-electron chi connectivity index (χ1n) is 9.89. The third kappa shape index (κ3) is 1.60. The number of allylic oxidation sites excluding steroid dienone is 1. The quantitative estimate of drug-likeness (QED) is 0.590. The van der Waals surface area contributed by atoms with Gasteiger partial charge >= 0.3 is 0 Å². The lowest BCUT2D eigenvalue weighted by Gasteiger charge is -2.58. The fourth-order valence-electron chi connectivity index (χ4n) is 7.71. The summed E-state index contributed by atoms with van der Waals surface area (Å²) >= 11 is 0. The molecular weight excluding hydrogens is 300 g/mol. The van der Waals surface area contributed by atoms with Gasteiger partial charge in [-0.1, -0.05) is 25.5 Å². The molecule has 0 bridgehead atoms. The fourth-order valence-corrected chi connectivity index (χ4v) is 7.71. The van der Waals surface area contributed by atoms with Gasteiger partial charge in [0, 0.05) is 5.41 Å². The van der Waals surface area contributed by atoms with Crippen LogP contribution in [0.25, 0.3) is 0 Å². The van der Waals surface area contributed by atoms with Gasteiger partial charge in [0.25, 0.3) is 0 Å². The Morgan fingerprint density at radius 1 is 1.25 bits per heavy atom. The van der Waals surface area contributed by atoms with Gasteiger partial charge in [0.05, 0.1) is 12.2 Å². The SMILES string of the molecule is CC(=O)[C@@]12O[C@H]1C[C@H]1[C@@H]3CC=C4C[C@@H](O)CC[C@]4(C)[C@@H]3CC[C@@]12C. The highest BCUT2D eigenvalue weighted by atomic mass is 16.6. The number of hydrogen-bond acceptors (Lipinski definition) is 3. The van der Waals surface area contributed by atoms with E-state index in [1.807, 2.05) is 0 Å². The molecule has 0 amide bonds. The summed E-state index contributed by atoms with van der Waals surface area (Å²) in [6.45, 7) is 6.54. The van der Waals surface area contributed by atoms with Crippen molar-refractivity contribution in [1.29, 1.82) is 0 Å². The minimum absolute atomic E-state index is 0.0422. The van der Waals surface area contributed by atoms with E-state index in [1.165, 1.54) is 12.0 Å². The standard InChI is InChI=1S/C21H30O3/c1-12(22)21-18(24-21)11-17-15-5-4-13-10-14(23)6-8-19(13,2)16(15)7-9-20(17,21)3/h4,14-18,23H,5-11H2,1-3H3/t14-,15+,16+,17-,18-,19-,20-,21+/m0/s1. The zero-order chi connectivity index (χ0) is 16.9. The summed E-state index contributed by atoms with van der Waals surface area (Å²) in [5.41, 5.74) is 1.39. The highest BCUT2D eigenvalue weighted by Crippen LogP contribution is 2.73. The number of fused-ring (bicyclic) bond motifs is 7. The molecule has 0 unspecified atom stereocenters. The Labute approximate surface area is 144 Å². The molecule has 0 aromatic heterocycles. The van der Waals surface area contributed by atoms with E-state index in [1.54, 1.807) is 6.92 Å². The predicted octanol–water partition coefficient (Wildman–Crippen LogP) is 3.65. The molecule has 1 saturated heterocycles. The van der Waals surface area contributed by atoms with Gasteiger partial charge in [-0.05, 0) is 75.0 Å². The fraction of sp³-hybridized carbons (Fsp3) is 0.857. The van der Waals surface area contributed by atoms with Gasteiger partial charge in [-0.2, -0.15) is 0 Å². The van der Waals surface area contributed by atoms with Gasteiger partial charge in [0.2, 0.25) is 0 Å². The number of carbonyl (C=O) groups is 1. The molecule has 0 spiro atoms. The maximum atomic E-state index is 12.4. The maximum absolute atomic E-state index is 12.4.